The van der Waals surface area contributed by atoms with Crippen molar-refractivity contribution in [2.75, 3.05) is 26.2 Å². The van der Waals surface area contributed by atoms with Crippen LogP contribution in [-0.2, 0) is 6.54 Å². The summed E-state index contributed by atoms with van der Waals surface area (Å²) in [4.78, 5) is 6.81. The summed E-state index contributed by atoms with van der Waals surface area (Å²) in [5.41, 5.74) is 0. The second-order valence-electron chi connectivity index (χ2n) is 6.77. The Morgan fingerprint density at radius 2 is 2.00 bits per heavy atom. The second-order valence-corrected chi connectivity index (χ2v) is 6.77. The highest BCUT2D eigenvalue weighted by molar-refractivity contribution is 4.84. The molecule has 1 saturated heterocycles. The van der Waals surface area contributed by atoms with Crippen LogP contribution in [0.15, 0.2) is 18.7 Å². The van der Waals surface area contributed by atoms with Crippen molar-refractivity contribution in [3.8, 4) is 0 Å². The van der Waals surface area contributed by atoms with E-state index in [2.05, 4.69) is 26.0 Å². The average molecular weight is 290 g/mol. The minimum absolute atomic E-state index is 0.737. The molecule has 1 aromatic rings. The zero-order chi connectivity index (χ0) is 14.3. The van der Waals surface area contributed by atoms with E-state index < -0.39 is 0 Å². The van der Waals surface area contributed by atoms with E-state index >= 15 is 0 Å². The molecule has 118 valence electrons. The van der Waals surface area contributed by atoms with E-state index in [4.69, 9.17) is 0 Å². The predicted molar refractivity (Wildman–Crippen MR) is 86.3 cm³/mol. The average Bonchev–Trinajstić information content (AvgIpc) is 2.93. The van der Waals surface area contributed by atoms with Gasteiger partial charge in [-0.25, -0.2) is 4.98 Å². The minimum Gasteiger partial charge on any atom is -0.337 e. The van der Waals surface area contributed by atoms with E-state index in [0.29, 0.717) is 0 Å². The van der Waals surface area contributed by atoms with Gasteiger partial charge in [-0.2, -0.15) is 0 Å². The first-order valence-electron chi connectivity index (χ1n) is 8.83. The molecular weight excluding hydrogens is 260 g/mol. The van der Waals surface area contributed by atoms with Gasteiger partial charge in [0.1, 0.15) is 0 Å². The van der Waals surface area contributed by atoms with Crippen LogP contribution >= 0.6 is 0 Å². The maximum Gasteiger partial charge on any atom is 0.0945 e. The minimum atomic E-state index is 0.737. The molecule has 2 heterocycles. The Morgan fingerprint density at radius 3 is 2.81 bits per heavy atom. The van der Waals surface area contributed by atoms with Crippen molar-refractivity contribution in [3.63, 3.8) is 0 Å². The number of hydrogen-bond acceptors (Lipinski definition) is 3. The van der Waals surface area contributed by atoms with E-state index in [0.717, 1.165) is 18.5 Å². The lowest BCUT2D eigenvalue weighted by atomic mass is 9.83. The van der Waals surface area contributed by atoms with Crippen molar-refractivity contribution in [1.82, 2.24) is 19.8 Å². The van der Waals surface area contributed by atoms with Crippen molar-refractivity contribution in [1.29, 1.82) is 0 Å². The van der Waals surface area contributed by atoms with Gasteiger partial charge in [0.15, 0.2) is 0 Å². The Kier molecular flexibility index (Phi) is 5.69. The van der Waals surface area contributed by atoms with Crippen LogP contribution in [0.1, 0.15) is 44.9 Å². The highest BCUT2D eigenvalue weighted by atomic mass is 15.2. The molecule has 21 heavy (non-hydrogen) atoms. The van der Waals surface area contributed by atoms with Crippen LogP contribution in [-0.4, -0.2) is 46.7 Å². The van der Waals surface area contributed by atoms with Gasteiger partial charge in [0.25, 0.3) is 0 Å². The molecule has 1 atom stereocenters. The molecule has 4 heteroatoms. The molecule has 0 amide bonds. The Balaban J connectivity index is 1.45. The summed E-state index contributed by atoms with van der Waals surface area (Å²) in [6.07, 6.45) is 15.6. The van der Waals surface area contributed by atoms with Gasteiger partial charge in [-0.05, 0) is 51.2 Å². The summed E-state index contributed by atoms with van der Waals surface area (Å²) < 4.78 is 2.19. The molecule has 1 unspecified atom stereocenters. The molecule has 0 spiro atoms. The molecule has 1 aliphatic carbocycles. The Morgan fingerprint density at radius 1 is 1.10 bits per heavy atom. The third-order valence-corrected chi connectivity index (χ3v) is 5.18. The van der Waals surface area contributed by atoms with E-state index in [1.807, 2.05) is 12.5 Å². The molecule has 4 nitrogen and oxygen atoms in total. The molecule has 2 fully saturated rings. The van der Waals surface area contributed by atoms with Crippen molar-refractivity contribution in [2.45, 2.75) is 57.5 Å². The van der Waals surface area contributed by atoms with Crippen LogP contribution in [0.3, 0.4) is 0 Å². The molecule has 0 radical (unpaired) electrons. The van der Waals surface area contributed by atoms with Gasteiger partial charge in [0.2, 0.25) is 0 Å². The Bertz CT molecular complexity index is 384. The molecular formula is C17H30N4. The van der Waals surface area contributed by atoms with Crippen LogP contribution in [0.4, 0.5) is 0 Å². The van der Waals surface area contributed by atoms with E-state index in [-0.39, 0.29) is 0 Å². The maximum absolute atomic E-state index is 4.12. The zero-order valence-corrected chi connectivity index (χ0v) is 13.2. The molecule has 1 saturated carbocycles. The standard InChI is InChI=1S/C17H30N4/c1-2-6-16(7-3-1)17-14-20(10-4-8-19-17)11-5-12-21-13-9-18-15-21/h9,13,15-17,19H,1-8,10-12,14H2. The van der Waals surface area contributed by atoms with E-state index in [1.54, 1.807) is 0 Å². The molecule has 1 aromatic heterocycles. The second kappa shape index (κ2) is 7.95. The van der Waals surface area contributed by atoms with E-state index in [1.165, 1.54) is 71.1 Å². The van der Waals surface area contributed by atoms with Crippen molar-refractivity contribution in [2.24, 2.45) is 5.92 Å². The summed E-state index contributed by atoms with van der Waals surface area (Å²) in [7, 11) is 0. The fourth-order valence-corrected chi connectivity index (χ4v) is 3.98. The van der Waals surface area contributed by atoms with Gasteiger partial charge >= 0.3 is 0 Å². The van der Waals surface area contributed by atoms with Crippen LogP contribution < -0.4 is 5.32 Å². The zero-order valence-electron chi connectivity index (χ0n) is 13.2. The third-order valence-electron chi connectivity index (χ3n) is 5.18. The molecule has 0 bridgehead atoms. The SMILES string of the molecule is c1cn(CCCN2CCCNC(C3CCCCC3)C2)cn1. The number of rotatable bonds is 5. The summed E-state index contributed by atoms with van der Waals surface area (Å²) in [6, 6.07) is 0.737. The first-order chi connectivity index (χ1) is 10.4. The Hall–Kier alpha value is -0.870. The fourth-order valence-electron chi connectivity index (χ4n) is 3.98. The summed E-state index contributed by atoms with van der Waals surface area (Å²) in [5.74, 6) is 0.924. The van der Waals surface area contributed by atoms with Crippen LogP contribution in [0.2, 0.25) is 0 Å². The van der Waals surface area contributed by atoms with Crippen molar-refractivity contribution < 1.29 is 0 Å². The van der Waals surface area contributed by atoms with Gasteiger partial charge in [0, 0.05) is 31.5 Å². The van der Waals surface area contributed by atoms with Gasteiger partial charge in [0.05, 0.1) is 6.33 Å². The summed E-state index contributed by atoms with van der Waals surface area (Å²) in [6.45, 7) is 6.05. The lowest BCUT2D eigenvalue weighted by molar-refractivity contribution is 0.203. The number of hydrogen-bond donors (Lipinski definition) is 1. The fraction of sp³-hybridized carbons (Fsp3) is 0.824. The smallest absolute Gasteiger partial charge is 0.0945 e. The summed E-state index contributed by atoms with van der Waals surface area (Å²) >= 11 is 0. The first-order valence-corrected chi connectivity index (χ1v) is 8.83. The normalized spacial score (nSPS) is 25.8. The third kappa shape index (κ3) is 4.55. The van der Waals surface area contributed by atoms with Gasteiger partial charge in [-0.3, -0.25) is 0 Å². The molecule has 0 aromatic carbocycles. The van der Waals surface area contributed by atoms with Crippen LogP contribution in [0.25, 0.3) is 0 Å². The number of nitrogens with zero attached hydrogens (tertiary/aromatic N) is 3. The number of nitrogens with one attached hydrogen (secondary N) is 1. The van der Waals surface area contributed by atoms with Crippen LogP contribution in [0, 0.1) is 5.92 Å². The topological polar surface area (TPSA) is 33.1 Å². The molecule has 1 N–H and O–H groups in total. The monoisotopic (exact) mass is 290 g/mol. The summed E-state index contributed by atoms with van der Waals surface area (Å²) in [5, 5.41) is 3.83. The maximum atomic E-state index is 4.12. The number of aryl methyl sites for hydroxylation is 1. The largest absolute Gasteiger partial charge is 0.337 e. The van der Waals surface area contributed by atoms with Crippen molar-refractivity contribution >= 4 is 0 Å². The lowest BCUT2D eigenvalue weighted by Crippen LogP contribution is -2.44. The quantitative estimate of drug-likeness (QED) is 0.904. The lowest BCUT2D eigenvalue weighted by Gasteiger charge is -2.33. The Labute approximate surface area is 128 Å². The van der Waals surface area contributed by atoms with Crippen LogP contribution in [0.5, 0.6) is 0 Å². The first kappa shape index (κ1) is 15.0. The van der Waals surface area contributed by atoms with Gasteiger partial charge in [-0.1, -0.05) is 19.3 Å². The van der Waals surface area contributed by atoms with Gasteiger partial charge in [-0.15, -0.1) is 0 Å². The molecule has 1 aliphatic heterocycles. The number of aromatic nitrogens is 2. The predicted octanol–water partition coefficient (Wildman–Crippen LogP) is 2.52. The molecule has 3 rings (SSSR count). The molecule has 2 aliphatic rings. The van der Waals surface area contributed by atoms with Gasteiger partial charge < -0.3 is 14.8 Å². The number of imidazole rings is 1. The highest BCUT2D eigenvalue weighted by Crippen LogP contribution is 2.27. The van der Waals surface area contributed by atoms with E-state index in [9.17, 15) is 0 Å². The highest BCUT2D eigenvalue weighted by Gasteiger charge is 2.26. The van der Waals surface area contributed by atoms with Crippen molar-refractivity contribution in [3.05, 3.63) is 18.7 Å².